The lowest BCUT2D eigenvalue weighted by Crippen LogP contribution is -2.68. The zero-order chi connectivity index (χ0) is 65.4. The van der Waals surface area contributed by atoms with Crippen LogP contribution in [-0.4, -0.2) is 311 Å². The van der Waals surface area contributed by atoms with Crippen molar-refractivity contribution in [2.45, 2.75) is 283 Å². The smallest absolute Gasteiger partial charge is 0.187 e. The van der Waals surface area contributed by atoms with Crippen LogP contribution >= 0.6 is 0 Å². The molecule has 1 unspecified atom stereocenters. The standard InChI is InChI=1S/C61H100O30/c1-22(19-79-54-47(76)44(73)41(70)34(16-62)85-54)6-9-32-23(2)37-33(84-32)15-29-27-8-7-25-14-26(10-12-60(25,4)28(27)11-13-61(29,37)5)83-58-52(90-57-48(77)43(72)38(67)24(3)82-57)49(78)50(36(18-64)87-58)88-59-53(91-56-46(75)40(69)31(66)21-81-56)51(42(71)35(17-63)86-59)89-55-45(74)39(68)30(65)20-80-55/h22,24-31,33-59,62-78H,6-21H2,1-5H3/t22?,24-,25-,26-,27+,28-,29-,30+,31-,33-,34+,35+,36+,37-,38-,39-,40-,41+,42+,43+,44-,45+,46+,47+,48+,49-,50-,51-,52+,53+,54+,55-,56-,57-,58+,59-,60-,61-/m0/s1. The second kappa shape index (κ2) is 28.7. The number of fused-ring (bicyclic) bond motifs is 7. The summed E-state index contributed by atoms with van der Waals surface area (Å²) in [5.74, 6) is 2.85. The minimum absolute atomic E-state index is 0.0253. The Hall–Kier alpha value is -1.62. The molecule has 30 nitrogen and oxygen atoms in total. The molecule has 0 amide bonds. The molecule has 11 rings (SSSR count). The number of rotatable bonds is 19. The molecular formula is C61H100O30. The molecule has 38 atom stereocenters. The van der Waals surface area contributed by atoms with Gasteiger partial charge in [-0.1, -0.05) is 20.8 Å². The van der Waals surface area contributed by atoms with Crippen molar-refractivity contribution in [3.05, 3.63) is 11.3 Å². The van der Waals surface area contributed by atoms with Gasteiger partial charge in [0, 0.05) is 12.3 Å². The summed E-state index contributed by atoms with van der Waals surface area (Å²) in [4.78, 5) is 0. The largest absolute Gasteiger partial charge is 0.494 e. The number of aliphatic hydroxyl groups excluding tert-OH is 17. The Morgan fingerprint density at radius 3 is 1.70 bits per heavy atom. The highest BCUT2D eigenvalue weighted by molar-refractivity contribution is 5.27. The van der Waals surface area contributed by atoms with E-state index >= 15 is 0 Å². The van der Waals surface area contributed by atoms with Crippen LogP contribution in [0.1, 0.15) is 98.8 Å². The van der Waals surface area contributed by atoms with Crippen molar-refractivity contribution >= 4 is 0 Å². The van der Waals surface area contributed by atoms with Gasteiger partial charge in [0.05, 0.1) is 57.6 Å². The van der Waals surface area contributed by atoms with Gasteiger partial charge >= 0.3 is 0 Å². The highest BCUT2D eigenvalue weighted by Crippen LogP contribution is 2.70. The molecule has 524 valence electrons. The molecule has 0 aromatic carbocycles. The molecule has 7 aliphatic heterocycles. The van der Waals surface area contributed by atoms with Crippen LogP contribution in [0.4, 0.5) is 0 Å². The number of hydrogen-bond acceptors (Lipinski definition) is 30. The predicted octanol–water partition coefficient (Wildman–Crippen LogP) is -5.05. The summed E-state index contributed by atoms with van der Waals surface area (Å²) in [5.41, 5.74) is 1.26. The van der Waals surface area contributed by atoms with Crippen molar-refractivity contribution < 1.29 is 148 Å². The maximum Gasteiger partial charge on any atom is 0.187 e. The first-order chi connectivity index (χ1) is 43.2. The topological polar surface area (TPSA) is 464 Å². The van der Waals surface area contributed by atoms with Crippen LogP contribution < -0.4 is 0 Å². The Balaban J connectivity index is 0.776. The monoisotopic (exact) mass is 1310 g/mol. The van der Waals surface area contributed by atoms with Crippen LogP contribution in [0.3, 0.4) is 0 Å². The fourth-order valence-electron chi connectivity index (χ4n) is 17.5. The summed E-state index contributed by atoms with van der Waals surface area (Å²) in [6, 6.07) is 0. The van der Waals surface area contributed by atoms with Crippen LogP contribution in [0, 0.1) is 46.3 Å². The van der Waals surface area contributed by atoms with Gasteiger partial charge in [0.2, 0.25) is 0 Å². The molecule has 0 spiro atoms. The first kappa shape index (κ1) is 70.7. The molecular weight excluding hydrogens is 1210 g/mol. The van der Waals surface area contributed by atoms with E-state index < -0.39 is 211 Å². The molecule has 0 bridgehead atoms. The van der Waals surface area contributed by atoms with Crippen molar-refractivity contribution in [1.82, 2.24) is 0 Å². The van der Waals surface area contributed by atoms with E-state index in [2.05, 4.69) is 20.8 Å². The first-order valence-corrected chi connectivity index (χ1v) is 32.7. The van der Waals surface area contributed by atoms with Gasteiger partial charge in [-0.05, 0) is 118 Å². The fraction of sp³-hybridized carbons (Fsp3) is 0.967. The van der Waals surface area contributed by atoms with E-state index in [9.17, 15) is 86.8 Å². The van der Waals surface area contributed by atoms with Crippen LogP contribution in [-0.2, 0) is 61.6 Å². The SMILES string of the molecule is CC1=C(CCC(C)CO[C@@H]2O[C@H](CO)[C@@H](O)[C@H](O)[C@H]2O)O[C@H]2C[C@H]3[C@@H]4CC[C@H]5C[C@@H](O[C@@H]6O[C@H](CO)[C@H](O[C@@H]7O[C@H](CO)[C@@H](O)[C@H](O[C@@H]8OC[C@@H](O)[C@H](O)[C@H]8O)[C@H]7O[C@@H]7OC[C@H](O)[C@H](O)[C@H]7O)[C@H](O)[C@H]6O[C@@H]6O[C@@H](C)[C@H](O)[C@@H](O)[C@H]6O)CC[C@]5(C)[C@H]4CC[C@]3(C)[C@@H]12. The fourth-order valence-corrected chi connectivity index (χ4v) is 17.5. The van der Waals surface area contributed by atoms with Crippen molar-refractivity contribution in [2.24, 2.45) is 46.3 Å². The minimum atomic E-state index is -1.96. The normalized spacial score (nSPS) is 53.8. The molecule has 0 aromatic heterocycles. The van der Waals surface area contributed by atoms with E-state index in [4.69, 9.17) is 61.6 Å². The molecule has 6 saturated heterocycles. The van der Waals surface area contributed by atoms with Gasteiger partial charge in [0.15, 0.2) is 37.7 Å². The first-order valence-electron chi connectivity index (χ1n) is 32.7. The minimum Gasteiger partial charge on any atom is -0.494 e. The maximum absolute atomic E-state index is 12.7. The second-order valence-electron chi connectivity index (χ2n) is 28.4. The number of allylic oxidation sites excluding steroid dienone is 1. The van der Waals surface area contributed by atoms with E-state index in [-0.39, 0.29) is 41.3 Å². The molecule has 0 aromatic rings. The van der Waals surface area contributed by atoms with Crippen LogP contribution in [0.5, 0.6) is 0 Å². The molecule has 4 aliphatic carbocycles. The molecule has 7 heterocycles. The van der Waals surface area contributed by atoms with Crippen LogP contribution in [0.25, 0.3) is 0 Å². The number of aliphatic hydroxyl groups is 17. The van der Waals surface area contributed by atoms with Gasteiger partial charge in [-0.25, -0.2) is 0 Å². The van der Waals surface area contributed by atoms with E-state index in [0.29, 0.717) is 37.0 Å². The van der Waals surface area contributed by atoms with Gasteiger partial charge in [-0.2, -0.15) is 0 Å². The Morgan fingerprint density at radius 1 is 0.495 bits per heavy atom. The molecule has 91 heavy (non-hydrogen) atoms. The molecule has 0 radical (unpaired) electrons. The third-order valence-electron chi connectivity index (χ3n) is 22.9. The van der Waals surface area contributed by atoms with E-state index in [1.165, 1.54) is 12.5 Å². The molecule has 30 heteroatoms. The molecule has 17 N–H and O–H groups in total. The summed E-state index contributed by atoms with van der Waals surface area (Å²) in [6.07, 6.45) is -38.6. The van der Waals surface area contributed by atoms with Gasteiger partial charge < -0.3 is 148 Å². The summed E-state index contributed by atoms with van der Waals surface area (Å²) in [6.45, 7) is 7.32. The van der Waals surface area contributed by atoms with Gasteiger partial charge in [-0.15, -0.1) is 0 Å². The third kappa shape index (κ3) is 13.5. The zero-order valence-corrected chi connectivity index (χ0v) is 52.0. The Kier molecular flexibility index (Phi) is 22.3. The second-order valence-corrected chi connectivity index (χ2v) is 28.4. The van der Waals surface area contributed by atoms with E-state index in [1.54, 1.807) is 0 Å². The van der Waals surface area contributed by atoms with Gasteiger partial charge in [-0.3, -0.25) is 0 Å². The number of ether oxygens (including phenoxy) is 13. The van der Waals surface area contributed by atoms with Crippen LogP contribution in [0.15, 0.2) is 11.3 Å². The summed E-state index contributed by atoms with van der Waals surface area (Å²) in [5, 5.41) is 183. The molecule has 11 aliphatic rings. The number of hydrogen-bond donors (Lipinski definition) is 17. The summed E-state index contributed by atoms with van der Waals surface area (Å²) in [7, 11) is 0. The Bertz CT molecular complexity index is 2420. The van der Waals surface area contributed by atoms with Crippen LogP contribution in [0.2, 0.25) is 0 Å². The summed E-state index contributed by atoms with van der Waals surface area (Å²) >= 11 is 0. The van der Waals surface area contributed by atoms with Gasteiger partial charge in [0.1, 0.15) is 134 Å². The van der Waals surface area contributed by atoms with E-state index in [0.717, 1.165) is 50.7 Å². The van der Waals surface area contributed by atoms with Crippen molar-refractivity contribution in [3.63, 3.8) is 0 Å². The Labute approximate surface area is 527 Å². The predicted molar refractivity (Wildman–Crippen MR) is 302 cm³/mol. The lowest BCUT2D eigenvalue weighted by Gasteiger charge is -2.61. The lowest BCUT2D eigenvalue weighted by atomic mass is 9.44. The highest BCUT2D eigenvalue weighted by atomic mass is 16.8. The lowest BCUT2D eigenvalue weighted by molar-refractivity contribution is -0.408. The van der Waals surface area contributed by atoms with Crippen molar-refractivity contribution in [1.29, 1.82) is 0 Å². The Morgan fingerprint density at radius 2 is 1.04 bits per heavy atom. The third-order valence-corrected chi connectivity index (χ3v) is 22.9. The maximum atomic E-state index is 12.7. The van der Waals surface area contributed by atoms with E-state index in [1.807, 2.05) is 6.92 Å². The molecule has 10 fully saturated rings. The van der Waals surface area contributed by atoms with Gasteiger partial charge in [0.25, 0.3) is 0 Å². The quantitative estimate of drug-likeness (QED) is 0.0538. The van der Waals surface area contributed by atoms with Crippen molar-refractivity contribution in [2.75, 3.05) is 39.6 Å². The molecule has 4 saturated carbocycles. The zero-order valence-electron chi connectivity index (χ0n) is 52.0. The average Bonchev–Trinajstić information content (AvgIpc) is 1.60. The van der Waals surface area contributed by atoms with Crippen molar-refractivity contribution in [3.8, 4) is 0 Å². The highest BCUT2D eigenvalue weighted by Gasteiger charge is 2.66. The summed E-state index contributed by atoms with van der Waals surface area (Å²) < 4.78 is 79.5. The average molecular weight is 1310 g/mol.